The SMILES string of the molecule is CN1C=CN(S(=O)(=O)N2CCN(C(=O)OC(C)(C)C)CC2)C1. The van der Waals surface area contributed by atoms with Crippen LogP contribution in [0.5, 0.6) is 0 Å². The van der Waals surface area contributed by atoms with Crippen molar-refractivity contribution in [3.8, 4) is 0 Å². The van der Waals surface area contributed by atoms with Crippen molar-refractivity contribution in [3.63, 3.8) is 0 Å². The van der Waals surface area contributed by atoms with Gasteiger partial charge in [-0.05, 0) is 20.8 Å². The molecule has 0 aromatic heterocycles. The number of amides is 1. The molecule has 0 N–H and O–H groups in total. The van der Waals surface area contributed by atoms with E-state index in [0.717, 1.165) is 0 Å². The first-order valence-electron chi connectivity index (χ1n) is 7.23. The zero-order chi connectivity index (χ0) is 16.5. The molecule has 8 nitrogen and oxygen atoms in total. The van der Waals surface area contributed by atoms with Crippen LogP contribution in [0.3, 0.4) is 0 Å². The van der Waals surface area contributed by atoms with E-state index in [1.807, 2.05) is 27.8 Å². The van der Waals surface area contributed by atoms with Crippen molar-refractivity contribution in [2.45, 2.75) is 26.4 Å². The van der Waals surface area contributed by atoms with Gasteiger partial charge in [0.1, 0.15) is 12.3 Å². The van der Waals surface area contributed by atoms with Crippen LogP contribution < -0.4 is 0 Å². The van der Waals surface area contributed by atoms with Crippen molar-refractivity contribution >= 4 is 16.3 Å². The summed E-state index contributed by atoms with van der Waals surface area (Å²) in [7, 11) is -1.71. The average molecular weight is 332 g/mol. The molecule has 9 heteroatoms. The molecular weight excluding hydrogens is 308 g/mol. The summed E-state index contributed by atoms with van der Waals surface area (Å²) in [6.45, 7) is 6.95. The van der Waals surface area contributed by atoms with E-state index >= 15 is 0 Å². The molecule has 2 aliphatic rings. The summed E-state index contributed by atoms with van der Waals surface area (Å²) >= 11 is 0. The Morgan fingerprint density at radius 1 is 1.09 bits per heavy atom. The minimum atomic E-state index is -3.52. The maximum absolute atomic E-state index is 12.5. The van der Waals surface area contributed by atoms with Crippen LogP contribution in [0.1, 0.15) is 20.8 Å². The van der Waals surface area contributed by atoms with E-state index in [-0.39, 0.29) is 13.1 Å². The predicted octanol–water partition coefficient (Wildman–Crippen LogP) is 0.460. The molecule has 0 aliphatic carbocycles. The topological polar surface area (TPSA) is 73.4 Å². The standard InChI is InChI=1S/C13H24N4O4S/c1-13(2,3)21-12(18)15-6-9-16(10-7-15)22(19,20)17-8-5-14(4)11-17/h5,8H,6-7,9-11H2,1-4H3. The third-order valence-electron chi connectivity index (χ3n) is 3.36. The van der Waals surface area contributed by atoms with Gasteiger partial charge in [0.05, 0.1) is 0 Å². The molecule has 0 radical (unpaired) electrons. The molecule has 2 heterocycles. The third-order valence-corrected chi connectivity index (χ3v) is 5.21. The van der Waals surface area contributed by atoms with Crippen LogP contribution in [0.25, 0.3) is 0 Å². The molecule has 0 spiro atoms. The Balaban J connectivity index is 1.92. The Morgan fingerprint density at radius 3 is 2.14 bits per heavy atom. The Hall–Kier alpha value is -1.48. The fourth-order valence-corrected chi connectivity index (χ4v) is 3.69. The van der Waals surface area contributed by atoms with Gasteiger partial charge in [0.25, 0.3) is 0 Å². The summed E-state index contributed by atoms with van der Waals surface area (Å²) in [5.74, 6) is 0. The van der Waals surface area contributed by atoms with Crippen LogP contribution in [-0.4, -0.2) is 78.4 Å². The summed E-state index contributed by atoms with van der Waals surface area (Å²) in [5, 5.41) is 0. The summed E-state index contributed by atoms with van der Waals surface area (Å²) < 4.78 is 33.0. The fraction of sp³-hybridized carbons (Fsp3) is 0.769. The predicted molar refractivity (Wildman–Crippen MR) is 81.9 cm³/mol. The van der Waals surface area contributed by atoms with Gasteiger partial charge in [-0.2, -0.15) is 12.7 Å². The number of piperazine rings is 1. The maximum Gasteiger partial charge on any atom is 0.410 e. The lowest BCUT2D eigenvalue weighted by molar-refractivity contribution is 0.0190. The normalized spacial score (nSPS) is 20.6. The first-order chi connectivity index (χ1) is 10.1. The van der Waals surface area contributed by atoms with Crippen LogP contribution in [0.4, 0.5) is 4.79 Å². The second-order valence-corrected chi connectivity index (χ2v) is 8.34. The lowest BCUT2D eigenvalue weighted by atomic mass is 10.2. The first-order valence-corrected chi connectivity index (χ1v) is 8.63. The third kappa shape index (κ3) is 3.83. The molecule has 0 bridgehead atoms. The van der Waals surface area contributed by atoms with E-state index in [1.54, 1.807) is 22.2 Å². The van der Waals surface area contributed by atoms with Crippen LogP contribution in [0, 0.1) is 0 Å². The smallest absolute Gasteiger partial charge is 0.410 e. The van der Waals surface area contributed by atoms with Crippen LogP contribution in [0.15, 0.2) is 12.4 Å². The van der Waals surface area contributed by atoms with Gasteiger partial charge in [-0.25, -0.2) is 9.10 Å². The van der Waals surface area contributed by atoms with Crippen molar-refractivity contribution in [1.29, 1.82) is 0 Å². The fourth-order valence-electron chi connectivity index (χ4n) is 2.23. The van der Waals surface area contributed by atoms with Crippen molar-refractivity contribution < 1.29 is 17.9 Å². The zero-order valence-electron chi connectivity index (χ0n) is 13.5. The van der Waals surface area contributed by atoms with Gasteiger partial charge in [0.2, 0.25) is 0 Å². The van der Waals surface area contributed by atoms with Crippen LogP contribution in [-0.2, 0) is 14.9 Å². The van der Waals surface area contributed by atoms with Gasteiger partial charge in [0, 0.05) is 45.6 Å². The first kappa shape index (κ1) is 16.9. The summed E-state index contributed by atoms with van der Waals surface area (Å²) in [4.78, 5) is 15.3. The number of carbonyl (C=O) groups excluding carboxylic acids is 1. The molecule has 0 unspecified atom stereocenters. The van der Waals surface area contributed by atoms with E-state index in [0.29, 0.717) is 19.8 Å². The highest BCUT2D eigenvalue weighted by molar-refractivity contribution is 7.86. The lowest BCUT2D eigenvalue weighted by Gasteiger charge is -2.36. The Morgan fingerprint density at radius 2 is 1.68 bits per heavy atom. The minimum Gasteiger partial charge on any atom is -0.444 e. The molecule has 0 aromatic carbocycles. The Labute approximate surface area is 132 Å². The van der Waals surface area contributed by atoms with Crippen molar-refractivity contribution in [1.82, 2.24) is 18.4 Å². The van der Waals surface area contributed by atoms with Gasteiger partial charge >= 0.3 is 16.3 Å². The molecule has 1 fully saturated rings. The average Bonchev–Trinajstić information content (AvgIpc) is 2.84. The quantitative estimate of drug-likeness (QED) is 0.734. The number of carbonyl (C=O) groups is 1. The highest BCUT2D eigenvalue weighted by atomic mass is 32.2. The monoisotopic (exact) mass is 332 g/mol. The number of hydrogen-bond acceptors (Lipinski definition) is 5. The Kier molecular flexibility index (Phi) is 4.57. The molecule has 22 heavy (non-hydrogen) atoms. The highest BCUT2D eigenvalue weighted by Gasteiger charge is 2.34. The molecule has 0 saturated carbocycles. The number of hydrogen-bond donors (Lipinski definition) is 0. The molecule has 0 atom stereocenters. The van der Waals surface area contributed by atoms with Gasteiger partial charge in [-0.1, -0.05) is 0 Å². The van der Waals surface area contributed by atoms with E-state index in [1.165, 1.54) is 8.61 Å². The lowest BCUT2D eigenvalue weighted by Crippen LogP contribution is -2.54. The molecular formula is C13H24N4O4S. The van der Waals surface area contributed by atoms with Crippen LogP contribution in [0.2, 0.25) is 0 Å². The van der Waals surface area contributed by atoms with E-state index in [2.05, 4.69) is 0 Å². The number of nitrogens with zero attached hydrogens (tertiary/aromatic N) is 4. The van der Waals surface area contributed by atoms with Gasteiger partial charge in [-0.15, -0.1) is 0 Å². The molecule has 1 amide bonds. The Bertz CT molecular complexity index is 547. The van der Waals surface area contributed by atoms with Gasteiger partial charge < -0.3 is 14.5 Å². The molecule has 0 aromatic rings. The van der Waals surface area contributed by atoms with Gasteiger partial charge in [0.15, 0.2) is 0 Å². The van der Waals surface area contributed by atoms with E-state index < -0.39 is 21.9 Å². The van der Waals surface area contributed by atoms with Crippen molar-refractivity contribution in [2.75, 3.05) is 39.9 Å². The van der Waals surface area contributed by atoms with E-state index in [9.17, 15) is 13.2 Å². The van der Waals surface area contributed by atoms with Gasteiger partial charge in [-0.3, -0.25) is 0 Å². The van der Waals surface area contributed by atoms with Crippen molar-refractivity contribution in [2.24, 2.45) is 0 Å². The minimum absolute atomic E-state index is 0.273. The molecule has 1 saturated heterocycles. The zero-order valence-corrected chi connectivity index (χ0v) is 14.3. The number of rotatable bonds is 2. The molecule has 2 rings (SSSR count). The second-order valence-electron chi connectivity index (χ2n) is 6.46. The highest BCUT2D eigenvalue weighted by Crippen LogP contribution is 2.18. The van der Waals surface area contributed by atoms with Crippen molar-refractivity contribution in [3.05, 3.63) is 12.4 Å². The summed E-state index contributed by atoms with van der Waals surface area (Å²) in [6.07, 6.45) is 2.87. The largest absolute Gasteiger partial charge is 0.444 e. The molecule has 2 aliphatic heterocycles. The summed E-state index contributed by atoms with van der Waals surface area (Å²) in [5.41, 5.74) is -0.550. The van der Waals surface area contributed by atoms with Crippen LogP contribution >= 0.6 is 0 Å². The maximum atomic E-state index is 12.5. The summed E-state index contributed by atoms with van der Waals surface area (Å²) in [6, 6.07) is 0. The van der Waals surface area contributed by atoms with E-state index in [4.69, 9.17) is 4.74 Å². The molecule has 126 valence electrons. The second kappa shape index (κ2) is 5.96. The number of ether oxygens (including phenoxy) is 1.